The molecule has 0 unspecified atom stereocenters. The van der Waals surface area contributed by atoms with Crippen LogP contribution >= 0.6 is 0 Å². The van der Waals surface area contributed by atoms with Crippen molar-refractivity contribution in [3.05, 3.63) is 53.6 Å². The van der Waals surface area contributed by atoms with Gasteiger partial charge in [-0.15, -0.1) is 0 Å². The fraction of sp³-hybridized carbons (Fsp3) is 0.391. The summed E-state index contributed by atoms with van der Waals surface area (Å²) >= 11 is 0. The van der Waals surface area contributed by atoms with Gasteiger partial charge in [-0.1, -0.05) is 13.0 Å². The van der Waals surface area contributed by atoms with E-state index >= 15 is 0 Å². The van der Waals surface area contributed by atoms with E-state index in [1.165, 1.54) is 23.1 Å². The minimum atomic E-state index is -3.18. The maximum absolute atomic E-state index is 13.3. The van der Waals surface area contributed by atoms with Crippen molar-refractivity contribution < 1.29 is 31.5 Å². The molecular formula is C23H24F2N2O5S. The molecule has 2 heterocycles. The molecule has 0 radical (unpaired) electrons. The van der Waals surface area contributed by atoms with Crippen LogP contribution in [0.5, 0.6) is 5.75 Å². The van der Waals surface area contributed by atoms with Crippen LogP contribution in [0.4, 0.5) is 20.2 Å². The molecule has 0 spiro atoms. The maximum Gasteiger partial charge on any atom is 0.387 e. The topological polar surface area (TPSA) is 92.8 Å². The molecule has 0 bridgehead atoms. The van der Waals surface area contributed by atoms with Gasteiger partial charge in [-0.25, -0.2) is 8.42 Å². The Morgan fingerprint density at radius 2 is 1.91 bits per heavy atom. The SMILES string of the molecule is C[C@@H]1CS(=O)(=O)C[C@H]1NC(=O)c1ccc2c(c1)C(C)(C)C(=O)N2c1cccc(OC(F)F)c1. The third kappa shape index (κ3) is 4.31. The van der Waals surface area contributed by atoms with Gasteiger partial charge >= 0.3 is 6.61 Å². The Kier molecular flexibility index (Phi) is 5.68. The number of benzene rings is 2. The van der Waals surface area contributed by atoms with Crippen LogP contribution in [-0.4, -0.2) is 44.4 Å². The predicted molar refractivity (Wildman–Crippen MR) is 119 cm³/mol. The van der Waals surface area contributed by atoms with Crippen molar-refractivity contribution >= 4 is 33.0 Å². The predicted octanol–water partition coefficient (Wildman–Crippen LogP) is 3.41. The van der Waals surface area contributed by atoms with Crippen LogP contribution in [0.1, 0.15) is 36.7 Å². The van der Waals surface area contributed by atoms with Gasteiger partial charge in [0.15, 0.2) is 9.84 Å². The van der Waals surface area contributed by atoms with E-state index in [1.54, 1.807) is 45.0 Å². The van der Waals surface area contributed by atoms with Crippen molar-refractivity contribution in [3.63, 3.8) is 0 Å². The Hall–Kier alpha value is -3.01. The summed E-state index contributed by atoms with van der Waals surface area (Å²) in [5.74, 6) is -1.02. The Morgan fingerprint density at radius 3 is 2.55 bits per heavy atom. The highest BCUT2D eigenvalue weighted by molar-refractivity contribution is 7.91. The number of hydrogen-bond acceptors (Lipinski definition) is 5. The first kappa shape index (κ1) is 23.2. The Balaban J connectivity index is 1.65. The molecule has 2 aliphatic heterocycles. The smallest absolute Gasteiger partial charge is 0.387 e. The maximum atomic E-state index is 13.3. The van der Waals surface area contributed by atoms with Crippen LogP contribution in [0.25, 0.3) is 0 Å². The first-order chi connectivity index (χ1) is 15.4. The van der Waals surface area contributed by atoms with Crippen molar-refractivity contribution in [1.29, 1.82) is 0 Å². The van der Waals surface area contributed by atoms with E-state index in [0.29, 0.717) is 22.5 Å². The molecule has 1 N–H and O–H groups in total. The van der Waals surface area contributed by atoms with Crippen molar-refractivity contribution in [2.45, 2.75) is 38.8 Å². The average molecular weight is 479 g/mol. The largest absolute Gasteiger partial charge is 0.435 e. The quantitative estimate of drug-likeness (QED) is 0.711. The second-order valence-corrected chi connectivity index (χ2v) is 11.2. The summed E-state index contributed by atoms with van der Waals surface area (Å²) in [5, 5.41) is 2.79. The third-order valence-corrected chi connectivity index (χ3v) is 8.07. The second-order valence-electron chi connectivity index (χ2n) is 9.01. The Labute approximate surface area is 190 Å². The lowest BCUT2D eigenvalue weighted by Crippen LogP contribution is -2.39. The normalized spacial score (nSPS) is 23.0. The summed E-state index contributed by atoms with van der Waals surface area (Å²) < 4.78 is 53.4. The van der Waals surface area contributed by atoms with E-state index in [9.17, 15) is 26.8 Å². The van der Waals surface area contributed by atoms with Gasteiger partial charge in [0.05, 0.1) is 28.3 Å². The van der Waals surface area contributed by atoms with Crippen molar-refractivity contribution in [2.24, 2.45) is 5.92 Å². The standard InChI is InChI=1S/C23H24F2N2O5S/c1-13-11-33(30,31)12-18(13)26-20(28)14-7-8-19-17(9-14)23(2,3)21(29)27(19)15-5-4-6-16(10-15)32-22(24)25/h4-10,13,18,22H,11-12H2,1-3H3,(H,26,28)/t13-,18-/m1/s1. The lowest BCUT2D eigenvalue weighted by molar-refractivity contribution is -0.121. The van der Waals surface area contributed by atoms with Crippen molar-refractivity contribution in [2.75, 3.05) is 16.4 Å². The zero-order valence-electron chi connectivity index (χ0n) is 18.3. The van der Waals surface area contributed by atoms with Gasteiger partial charge in [0.1, 0.15) is 5.75 Å². The fourth-order valence-electron chi connectivity index (χ4n) is 4.39. The van der Waals surface area contributed by atoms with E-state index < -0.39 is 33.8 Å². The fourth-order valence-corrected chi connectivity index (χ4v) is 6.52. The molecule has 2 aromatic rings. The van der Waals surface area contributed by atoms with E-state index in [-0.39, 0.29) is 29.1 Å². The molecule has 1 fully saturated rings. The molecule has 10 heteroatoms. The number of halogens is 2. The van der Waals surface area contributed by atoms with E-state index in [4.69, 9.17) is 0 Å². The minimum absolute atomic E-state index is 0.0347. The lowest BCUT2D eigenvalue weighted by atomic mass is 9.85. The summed E-state index contributed by atoms with van der Waals surface area (Å²) in [6.45, 7) is 2.24. The van der Waals surface area contributed by atoms with Gasteiger partial charge < -0.3 is 10.1 Å². The summed E-state index contributed by atoms with van der Waals surface area (Å²) in [5.41, 5.74) is 0.838. The average Bonchev–Trinajstić information content (AvgIpc) is 3.09. The van der Waals surface area contributed by atoms with Gasteiger partial charge in [-0.3, -0.25) is 14.5 Å². The van der Waals surface area contributed by atoms with Crippen LogP contribution in [-0.2, 0) is 20.0 Å². The molecule has 0 aromatic heterocycles. The van der Waals surface area contributed by atoms with E-state index in [1.807, 2.05) is 0 Å². The third-order valence-electron chi connectivity index (χ3n) is 6.17. The number of rotatable bonds is 5. The summed E-state index contributed by atoms with van der Waals surface area (Å²) in [4.78, 5) is 27.5. The van der Waals surface area contributed by atoms with Gasteiger partial charge in [0.25, 0.3) is 5.91 Å². The molecule has 2 aromatic carbocycles. The number of amides is 2. The van der Waals surface area contributed by atoms with Crippen LogP contribution in [0.3, 0.4) is 0 Å². The Morgan fingerprint density at radius 1 is 1.18 bits per heavy atom. The molecule has 33 heavy (non-hydrogen) atoms. The molecule has 0 saturated carbocycles. The minimum Gasteiger partial charge on any atom is -0.435 e. The van der Waals surface area contributed by atoms with Crippen molar-refractivity contribution in [1.82, 2.24) is 5.32 Å². The molecule has 2 amide bonds. The van der Waals surface area contributed by atoms with Gasteiger partial charge in [0, 0.05) is 17.7 Å². The number of nitrogens with one attached hydrogen (secondary N) is 1. The first-order valence-electron chi connectivity index (χ1n) is 10.4. The summed E-state index contributed by atoms with van der Waals surface area (Å²) in [7, 11) is -3.18. The monoisotopic (exact) mass is 478 g/mol. The van der Waals surface area contributed by atoms with Crippen LogP contribution < -0.4 is 15.0 Å². The number of alkyl halides is 2. The number of carbonyl (C=O) groups excluding carboxylic acids is 2. The molecule has 2 atom stereocenters. The highest BCUT2D eigenvalue weighted by Crippen LogP contribution is 2.46. The Bertz CT molecular complexity index is 1230. The molecule has 0 aliphatic carbocycles. The lowest BCUT2D eigenvalue weighted by Gasteiger charge is -2.21. The van der Waals surface area contributed by atoms with Crippen LogP contribution in [0, 0.1) is 5.92 Å². The first-order valence-corrected chi connectivity index (χ1v) is 12.3. The second kappa shape index (κ2) is 8.09. The van der Waals surface area contributed by atoms with Gasteiger partial charge in [-0.05, 0) is 55.7 Å². The molecule has 4 rings (SSSR count). The van der Waals surface area contributed by atoms with Crippen LogP contribution in [0.15, 0.2) is 42.5 Å². The highest BCUT2D eigenvalue weighted by Gasteiger charge is 2.45. The highest BCUT2D eigenvalue weighted by atomic mass is 32.2. The number of fused-ring (bicyclic) bond motifs is 1. The molecular weight excluding hydrogens is 454 g/mol. The number of sulfone groups is 1. The zero-order valence-corrected chi connectivity index (χ0v) is 19.2. The molecule has 7 nitrogen and oxygen atoms in total. The van der Waals surface area contributed by atoms with E-state index in [0.717, 1.165) is 0 Å². The zero-order chi connectivity index (χ0) is 24.1. The molecule has 2 aliphatic rings. The van der Waals surface area contributed by atoms with Gasteiger partial charge in [0.2, 0.25) is 5.91 Å². The van der Waals surface area contributed by atoms with Crippen molar-refractivity contribution in [3.8, 4) is 5.75 Å². The van der Waals surface area contributed by atoms with Crippen LogP contribution in [0.2, 0.25) is 0 Å². The number of nitrogens with zero attached hydrogens (tertiary/aromatic N) is 1. The van der Waals surface area contributed by atoms with Gasteiger partial charge in [-0.2, -0.15) is 8.78 Å². The number of anilines is 2. The summed E-state index contributed by atoms with van der Waals surface area (Å²) in [6.07, 6.45) is 0. The molecule has 1 saturated heterocycles. The summed E-state index contributed by atoms with van der Waals surface area (Å²) in [6, 6.07) is 10.2. The van der Waals surface area contributed by atoms with E-state index in [2.05, 4.69) is 10.1 Å². The number of ether oxygens (including phenoxy) is 1. The number of hydrogen-bond donors (Lipinski definition) is 1. The number of carbonyl (C=O) groups is 2. The molecule has 176 valence electrons.